The van der Waals surface area contributed by atoms with Crippen LogP contribution < -0.4 is 10.6 Å². The molecule has 0 aliphatic carbocycles. The number of hydrogen-bond donors (Lipinski definition) is 2. The van der Waals surface area contributed by atoms with Gasteiger partial charge >= 0.3 is 0 Å². The zero-order valence-corrected chi connectivity index (χ0v) is 15.0. The SMILES string of the molecule is CCCCCCNC(=NC)NCCC(=O)N(C)C.I. The first-order valence-corrected chi connectivity index (χ1v) is 6.76. The third-order valence-electron chi connectivity index (χ3n) is 2.68. The van der Waals surface area contributed by atoms with E-state index in [0.717, 1.165) is 18.9 Å². The molecule has 0 fully saturated rings. The molecule has 0 rings (SSSR count). The molecule has 0 aliphatic rings. The summed E-state index contributed by atoms with van der Waals surface area (Å²) in [5.41, 5.74) is 0. The summed E-state index contributed by atoms with van der Waals surface area (Å²) in [6.45, 7) is 3.75. The Morgan fingerprint density at radius 1 is 1.11 bits per heavy atom. The summed E-state index contributed by atoms with van der Waals surface area (Å²) in [6.07, 6.45) is 5.43. The van der Waals surface area contributed by atoms with Crippen LogP contribution in [0.5, 0.6) is 0 Å². The maximum absolute atomic E-state index is 11.4. The van der Waals surface area contributed by atoms with Gasteiger partial charge in [0.25, 0.3) is 0 Å². The quantitative estimate of drug-likeness (QED) is 0.291. The number of unbranched alkanes of at least 4 members (excludes halogenated alkanes) is 3. The summed E-state index contributed by atoms with van der Waals surface area (Å²) in [7, 11) is 5.28. The monoisotopic (exact) mass is 384 g/mol. The second kappa shape index (κ2) is 13.9. The molecule has 19 heavy (non-hydrogen) atoms. The number of carbonyl (C=O) groups is 1. The number of nitrogens with zero attached hydrogens (tertiary/aromatic N) is 2. The lowest BCUT2D eigenvalue weighted by Gasteiger charge is -2.13. The number of carbonyl (C=O) groups excluding carboxylic acids is 1. The number of amides is 1. The van der Waals surface area contributed by atoms with E-state index in [1.807, 2.05) is 0 Å². The second-order valence-electron chi connectivity index (χ2n) is 4.52. The molecule has 0 spiro atoms. The van der Waals surface area contributed by atoms with Crippen LogP contribution in [-0.4, -0.2) is 51.0 Å². The summed E-state index contributed by atoms with van der Waals surface area (Å²) < 4.78 is 0. The van der Waals surface area contributed by atoms with Crippen molar-refractivity contribution in [1.82, 2.24) is 15.5 Å². The van der Waals surface area contributed by atoms with E-state index in [4.69, 9.17) is 0 Å². The van der Waals surface area contributed by atoms with Crippen LogP contribution in [0.3, 0.4) is 0 Å². The molecule has 0 aromatic heterocycles. The van der Waals surface area contributed by atoms with E-state index < -0.39 is 0 Å². The van der Waals surface area contributed by atoms with Crippen molar-refractivity contribution in [3.8, 4) is 0 Å². The van der Waals surface area contributed by atoms with Gasteiger partial charge in [-0.1, -0.05) is 26.2 Å². The van der Waals surface area contributed by atoms with Crippen LogP contribution in [0.1, 0.15) is 39.0 Å². The van der Waals surface area contributed by atoms with Gasteiger partial charge in [-0.25, -0.2) is 0 Å². The average Bonchev–Trinajstić information content (AvgIpc) is 2.36. The van der Waals surface area contributed by atoms with Crippen molar-refractivity contribution >= 4 is 35.8 Å². The molecular weight excluding hydrogens is 355 g/mol. The first-order chi connectivity index (χ1) is 8.61. The zero-order valence-electron chi connectivity index (χ0n) is 12.7. The number of nitrogens with one attached hydrogen (secondary N) is 2. The Labute approximate surface area is 134 Å². The summed E-state index contributed by atoms with van der Waals surface area (Å²) in [5.74, 6) is 0.902. The third kappa shape index (κ3) is 12.3. The van der Waals surface area contributed by atoms with Gasteiger partial charge in [-0.2, -0.15) is 0 Å². The van der Waals surface area contributed by atoms with Gasteiger partial charge in [0.2, 0.25) is 5.91 Å². The summed E-state index contributed by atoms with van der Waals surface area (Å²) in [4.78, 5) is 17.1. The number of halogens is 1. The molecule has 5 nitrogen and oxygen atoms in total. The highest BCUT2D eigenvalue weighted by Crippen LogP contribution is 1.96. The van der Waals surface area contributed by atoms with Crippen molar-refractivity contribution in [2.24, 2.45) is 4.99 Å². The van der Waals surface area contributed by atoms with Crippen LogP contribution in [0.25, 0.3) is 0 Å². The predicted molar refractivity (Wildman–Crippen MR) is 92.2 cm³/mol. The Hall–Kier alpha value is -0.530. The highest BCUT2D eigenvalue weighted by atomic mass is 127. The molecule has 0 bridgehead atoms. The van der Waals surface area contributed by atoms with Gasteiger partial charge < -0.3 is 15.5 Å². The molecule has 2 N–H and O–H groups in total. The highest BCUT2D eigenvalue weighted by Gasteiger charge is 2.03. The van der Waals surface area contributed by atoms with Crippen molar-refractivity contribution in [3.63, 3.8) is 0 Å². The van der Waals surface area contributed by atoms with Crippen molar-refractivity contribution < 1.29 is 4.79 Å². The standard InChI is InChI=1S/C13H28N4O.HI/c1-5-6-7-8-10-15-13(14-2)16-11-9-12(18)17(3)4;/h5-11H2,1-4H3,(H2,14,15,16);1H. The first-order valence-electron chi connectivity index (χ1n) is 6.76. The van der Waals surface area contributed by atoms with E-state index in [9.17, 15) is 4.79 Å². The fourth-order valence-electron chi connectivity index (χ4n) is 1.49. The molecule has 0 saturated heterocycles. The van der Waals surface area contributed by atoms with E-state index in [0.29, 0.717) is 13.0 Å². The van der Waals surface area contributed by atoms with Crippen LogP contribution in [0.2, 0.25) is 0 Å². The van der Waals surface area contributed by atoms with Crippen LogP contribution >= 0.6 is 24.0 Å². The number of guanidine groups is 1. The molecule has 6 heteroatoms. The Balaban J connectivity index is 0. The largest absolute Gasteiger partial charge is 0.356 e. The molecule has 0 heterocycles. The van der Waals surface area contributed by atoms with Gasteiger partial charge in [-0.3, -0.25) is 9.79 Å². The predicted octanol–water partition coefficient (Wildman–Crippen LogP) is 1.83. The minimum atomic E-state index is 0. The lowest BCUT2D eigenvalue weighted by molar-refractivity contribution is -0.128. The zero-order chi connectivity index (χ0) is 13.8. The Morgan fingerprint density at radius 3 is 2.26 bits per heavy atom. The Kier molecular flexibility index (Phi) is 15.2. The van der Waals surface area contributed by atoms with Gasteiger partial charge in [-0.05, 0) is 6.42 Å². The van der Waals surface area contributed by atoms with Gasteiger partial charge in [-0.15, -0.1) is 24.0 Å². The van der Waals surface area contributed by atoms with Gasteiger partial charge in [0.05, 0.1) is 0 Å². The van der Waals surface area contributed by atoms with E-state index in [2.05, 4.69) is 22.5 Å². The molecule has 0 aromatic carbocycles. The minimum absolute atomic E-state index is 0. The van der Waals surface area contributed by atoms with Gasteiger partial charge in [0.1, 0.15) is 0 Å². The molecule has 0 atom stereocenters. The van der Waals surface area contributed by atoms with E-state index in [1.54, 1.807) is 26.0 Å². The van der Waals surface area contributed by atoms with Crippen LogP contribution in [0, 0.1) is 0 Å². The van der Waals surface area contributed by atoms with Crippen LogP contribution in [0.15, 0.2) is 4.99 Å². The smallest absolute Gasteiger partial charge is 0.223 e. The summed E-state index contributed by atoms with van der Waals surface area (Å²) in [5, 5.41) is 6.38. The molecule has 1 amide bonds. The topological polar surface area (TPSA) is 56.7 Å². The first kappa shape index (κ1) is 20.8. The number of aliphatic imine (C=N–C) groups is 1. The van der Waals surface area contributed by atoms with E-state index in [-0.39, 0.29) is 29.9 Å². The van der Waals surface area contributed by atoms with Crippen molar-refractivity contribution in [1.29, 1.82) is 0 Å². The van der Waals surface area contributed by atoms with Crippen molar-refractivity contribution in [2.75, 3.05) is 34.2 Å². The van der Waals surface area contributed by atoms with Crippen LogP contribution in [0.4, 0.5) is 0 Å². The van der Waals surface area contributed by atoms with Crippen molar-refractivity contribution in [2.45, 2.75) is 39.0 Å². The molecule has 114 valence electrons. The molecule has 0 unspecified atom stereocenters. The number of hydrogen-bond acceptors (Lipinski definition) is 2. The lowest BCUT2D eigenvalue weighted by Crippen LogP contribution is -2.39. The molecule has 0 saturated carbocycles. The molecule has 0 radical (unpaired) electrons. The Bertz CT molecular complexity index is 257. The Morgan fingerprint density at radius 2 is 1.74 bits per heavy atom. The van der Waals surface area contributed by atoms with Crippen molar-refractivity contribution in [3.05, 3.63) is 0 Å². The average molecular weight is 384 g/mol. The third-order valence-corrected chi connectivity index (χ3v) is 2.68. The minimum Gasteiger partial charge on any atom is -0.356 e. The maximum atomic E-state index is 11.4. The summed E-state index contributed by atoms with van der Waals surface area (Å²) in [6, 6.07) is 0. The van der Waals surface area contributed by atoms with E-state index >= 15 is 0 Å². The fraction of sp³-hybridized carbons (Fsp3) is 0.846. The highest BCUT2D eigenvalue weighted by molar-refractivity contribution is 14.0. The fourth-order valence-corrected chi connectivity index (χ4v) is 1.49. The second-order valence-corrected chi connectivity index (χ2v) is 4.52. The number of rotatable bonds is 8. The molecule has 0 aliphatic heterocycles. The molecule has 0 aromatic rings. The summed E-state index contributed by atoms with van der Waals surface area (Å²) >= 11 is 0. The van der Waals surface area contributed by atoms with Crippen LogP contribution in [-0.2, 0) is 4.79 Å². The maximum Gasteiger partial charge on any atom is 0.223 e. The van der Waals surface area contributed by atoms with Gasteiger partial charge in [0, 0.05) is 40.7 Å². The van der Waals surface area contributed by atoms with Gasteiger partial charge in [0.15, 0.2) is 5.96 Å². The lowest BCUT2D eigenvalue weighted by atomic mass is 10.2. The molecular formula is C13H29IN4O. The van der Waals surface area contributed by atoms with E-state index in [1.165, 1.54) is 19.3 Å². The normalized spacial score (nSPS) is 10.6.